The summed E-state index contributed by atoms with van der Waals surface area (Å²) in [6, 6.07) is 20.2. The van der Waals surface area contributed by atoms with Crippen molar-refractivity contribution in [2.24, 2.45) is 0 Å². The zero-order chi connectivity index (χ0) is 78.2. The number of amides is 2. The Labute approximate surface area is 652 Å². The first-order chi connectivity index (χ1) is 51.8. The fourth-order valence-corrected chi connectivity index (χ4v) is 17.7. The monoisotopic (exact) mass is 1620 g/mol. The second kappa shape index (κ2) is 35.5. The molecule has 0 radical (unpaired) electrons. The lowest BCUT2D eigenvalue weighted by atomic mass is 10.00. The van der Waals surface area contributed by atoms with Crippen molar-refractivity contribution in [3.63, 3.8) is 0 Å². The second-order valence-corrected chi connectivity index (χ2v) is 36.1. The molecule has 30 nitrogen and oxygen atoms in total. The van der Waals surface area contributed by atoms with Crippen LogP contribution in [0.5, 0.6) is 0 Å². The molecule has 5 aromatic carbocycles. The number of ether oxygens (including phenoxy) is 1. The molecule has 15 rings (SSSR count). The number of hydrogen-bond donors (Lipinski definition) is 5. The van der Waals surface area contributed by atoms with Gasteiger partial charge in [-0.1, -0.05) is 62.5 Å². The SMILES string of the molecule is CC(=O)N1CCN(c2cc(C(C)C)cc3[nH]ncc23)CC1.CC(C)c1cc(N2CCN(S(C)(=O)=O)CC2)c2cn[nH]c2c1.CN(C)C(=O)CN1CCN(c2cc(Cl)cc3[nH]ncc23)CC1.COCCS(=O)(=O)N1CCN(c2cc(Cl)cc3[nH]ncc23)CC1.Cc1[nH]nc2cc(Cl)cc(N3CCN(S(C)(=O)=O)CC3)c12. The van der Waals surface area contributed by atoms with Crippen LogP contribution in [0.25, 0.3) is 54.5 Å². The molecule has 2 amide bonds. The summed E-state index contributed by atoms with van der Waals surface area (Å²) in [7, 11) is -4.38. The first-order valence-electron chi connectivity index (χ1n) is 36.5. The summed E-state index contributed by atoms with van der Waals surface area (Å²) in [6.45, 7) is 26.8. The standard InChI is InChI=1S/C16H22N4O.C15H20ClN5O.C15H22N4O2S.C14H19ClN4O3S.C13H17ClN4O2S/c1-11(2)13-8-15-14(10-17-18-15)16(9-13)20-6-4-19(5-7-20)12(3)21;1-19(2)15(22)10-20-3-5-21(6-4-20)14-8-11(16)7-13-12(14)9-17-18-13;1-11(2)12-8-14-13(10-16-17-14)15(9-12)18-4-6-19(7-5-18)22(3,20)21;1-22-6-7-23(20,21)19-4-2-18(3-5-19)14-9-11(15)8-13-12(14)10-16-17-13;1-9-13-11(16-15-9)7-10(14)8-12(13)17-3-5-18(6-4-17)21(2,19)20/h8-11H,4-7H2,1-3H3,(H,17,18);7-9H,3-6,10H2,1-2H3,(H,17,18);8-11H,4-7H2,1-3H3,(H,16,17);8-10H,2-7H2,1H3,(H,16,17);7-8H,3-6H2,1-2H3,(H,15,16). The second-order valence-electron chi connectivity index (χ2n) is 28.8. The van der Waals surface area contributed by atoms with E-state index >= 15 is 0 Å². The number of piperazine rings is 5. The number of aryl methyl sites for hydroxylation is 1. The van der Waals surface area contributed by atoms with Crippen LogP contribution in [0.2, 0.25) is 15.1 Å². The van der Waals surface area contributed by atoms with E-state index in [1.807, 2.05) is 66.8 Å². The largest absolute Gasteiger partial charge is 0.384 e. The summed E-state index contributed by atoms with van der Waals surface area (Å²) in [5.74, 6) is 1.25. The third-order valence-corrected chi connectivity index (χ3v) is 25.6. The molecule has 0 aliphatic carbocycles. The van der Waals surface area contributed by atoms with Gasteiger partial charge in [-0.25, -0.2) is 25.3 Å². The Morgan fingerprint density at radius 1 is 0.477 bits per heavy atom. The number of halogens is 3. The van der Waals surface area contributed by atoms with Crippen LogP contribution in [0.4, 0.5) is 28.4 Å². The highest BCUT2D eigenvalue weighted by atomic mass is 35.5. The number of aromatic nitrogens is 10. The van der Waals surface area contributed by atoms with Crippen LogP contribution in [-0.4, -0.2) is 299 Å². The van der Waals surface area contributed by atoms with Gasteiger partial charge in [0.1, 0.15) is 0 Å². The predicted octanol–water partition coefficient (Wildman–Crippen LogP) is 8.47. The fourth-order valence-electron chi connectivity index (χ4n) is 14.1. The summed E-state index contributed by atoms with van der Waals surface area (Å²) < 4.78 is 80.3. The molecule has 5 aliphatic rings. The van der Waals surface area contributed by atoms with E-state index in [1.54, 1.807) is 36.4 Å². The van der Waals surface area contributed by atoms with E-state index in [1.165, 1.54) is 45.0 Å². The summed E-state index contributed by atoms with van der Waals surface area (Å²) in [5.41, 5.74) is 13.8. The van der Waals surface area contributed by atoms with E-state index < -0.39 is 30.1 Å². The fraction of sp³-hybridized carbons (Fsp3) is 0.493. The van der Waals surface area contributed by atoms with Gasteiger partial charge in [0.05, 0.1) is 83.8 Å². The number of carbonyl (C=O) groups is 2. The maximum Gasteiger partial charge on any atom is 0.236 e. The molecule has 5 aromatic heterocycles. The summed E-state index contributed by atoms with van der Waals surface area (Å²) in [6.07, 6.45) is 9.87. The molecule has 10 aromatic rings. The van der Waals surface area contributed by atoms with Gasteiger partial charge in [0.25, 0.3) is 0 Å². The highest BCUT2D eigenvalue weighted by Crippen LogP contribution is 2.37. The Balaban J connectivity index is 0.000000135. The smallest absolute Gasteiger partial charge is 0.236 e. The number of benzene rings is 5. The highest BCUT2D eigenvalue weighted by molar-refractivity contribution is 7.89. The van der Waals surface area contributed by atoms with E-state index in [0.717, 1.165) is 135 Å². The molecule has 0 atom stereocenters. The molecule has 10 heterocycles. The molecular formula is C73H100Cl3N21O9S3. The van der Waals surface area contributed by atoms with Crippen molar-refractivity contribution >= 4 is 160 Å². The van der Waals surface area contributed by atoms with Gasteiger partial charge in [-0.2, -0.15) is 38.4 Å². The Bertz CT molecular complexity index is 5150. The maximum atomic E-state index is 12.2. The van der Waals surface area contributed by atoms with Crippen molar-refractivity contribution in [1.29, 1.82) is 0 Å². The molecule has 5 N–H and O–H groups in total. The Kier molecular flexibility index (Phi) is 26.7. The number of H-pyrrole nitrogens is 5. The van der Waals surface area contributed by atoms with Gasteiger partial charge in [0.15, 0.2) is 0 Å². The van der Waals surface area contributed by atoms with E-state index in [-0.39, 0.29) is 24.2 Å². The van der Waals surface area contributed by atoms with Gasteiger partial charge < -0.3 is 39.0 Å². The first-order valence-corrected chi connectivity index (χ1v) is 42.9. The Hall–Kier alpha value is -8.09. The number of rotatable bonds is 15. The number of aromatic amines is 5. The third-order valence-electron chi connectivity index (χ3n) is 20.5. The number of anilines is 5. The minimum atomic E-state index is -3.25. The lowest BCUT2D eigenvalue weighted by Gasteiger charge is -2.36. The van der Waals surface area contributed by atoms with E-state index in [2.05, 4.69) is 132 Å². The molecule has 36 heteroatoms. The number of carbonyl (C=O) groups excluding carboxylic acids is 2. The summed E-state index contributed by atoms with van der Waals surface area (Å²) in [4.78, 5) is 40.2. The number of nitrogens with one attached hydrogen (secondary N) is 5. The van der Waals surface area contributed by atoms with Crippen LogP contribution in [0.1, 0.15) is 63.3 Å². The number of hydrogen-bond acceptors (Lipinski definition) is 20. The summed E-state index contributed by atoms with van der Waals surface area (Å²) >= 11 is 18.5. The molecule has 590 valence electrons. The number of methoxy groups -OCH3 is 1. The number of nitrogens with zero attached hydrogens (tertiary/aromatic N) is 16. The van der Waals surface area contributed by atoms with Crippen molar-refractivity contribution in [3.05, 3.63) is 117 Å². The molecular weight excluding hydrogens is 1520 g/mol. The molecule has 0 bridgehead atoms. The van der Waals surface area contributed by atoms with Crippen molar-refractivity contribution in [2.75, 3.05) is 208 Å². The average molecular weight is 1620 g/mol. The van der Waals surface area contributed by atoms with Gasteiger partial charge in [-0.15, -0.1) is 0 Å². The topological polar surface area (TPSA) is 325 Å². The lowest BCUT2D eigenvalue weighted by molar-refractivity contribution is -0.130. The van der Waals surface area contributed by atoms with Crippen LogP contribution in [0.15, 0.2) is 85.5 Å². The first kappa shape index (κ1) is 81.9. The van der Waals surface area contributed by atoms with Crippen molar-refractivity contribution in [1.82, 2.24) is 78.6 Å². The lowest BCUT2D eigenvalue weighted by Crippen LogP contribution is -2.49. The zero-order valence-electron chi connectivity index (χ0n) is 63.7. The molecule has 5 saturated heterocycles. The van der Waals surface area contributed by atoms with Crippen molar-refractivity contribution in [2.45, 2.75) is 53.4 Å². The van der Waals surface area contributed by atoms with Gasteiger partial charge in [-0.3, -0.25) is 40.0 Å². The van der Waals surface area contributed by atoms with E-state index in [9.17, 15) is 34.8 Å². The minimum Gasteiger partial charge on any atom is -0.384 e. The van der Waals surface area contributed by atoms with Crippen molar-refractivity contribution < 1.29 is 39.6 Å². The maximum absolute atomic E-state index is 12.2. The van der Waals surface area contributed by atoms with Gasteiger partial charge in [-0.05, 0) is 90.6 Å². The highest BCUT2D eigenvalue weighted by Gasteiger charge is 2.31. The molecule has 0 spiro atoms. The third kappa shape index (κ3) is 20.2. The molecule has 5 fully saturated rings. The number of likely N-dealkylation sites (N-methyl/N-ethyl adjacent to an activating group) is 1. The van der Waals surface area contributed by atoms with E-state index in [0.29, 0.717) is 112 Å². The molecule has 0 unspecified atom stereocenters. The van der Waals surface area contributed by atoms with Crippen LogP contribution < -0.4 is 24.5 Å². The Morgan fingerprint density at radius 2 is 0.826 bits per heavy atom. The van der Waals surface area contributed by atoms with Crippen LogP contribution in [0.3, 0.4) is 0 Å². The number of sulfonamides is 3. The zero-order valence-corrected chi connectivity index (χ0v) is 68.4. The molecule has 0 saturated carbocycles. The molecule has 5 aliphatic heterocycles. The molecule has 109 heavy (non-hydrogen) atoms. The summed E-state index contributed by atoms with van der Waals surface area (Å²) in [5, 5.41) is 43.1. The normalized spacial score (nSPS) is 16.9. The van der Waals surface area contributed by atoms with Crippen LogP contribution in [-0.2, 0) is 44.4 Å². The Morgan fingerprint density at radius 3 is 1.20 bits per heavy atom. The van der Waals surface area contributed by atoms with Gasteiger partial charge >= 0.3 is 0 Å². The van der Waals surface area contributed by atoms with Gasteiger partial charge in [0, 0.05) is 235 Å². The quantitative estimate of drug-likeness (QED) is 0.0642. The average Bonchev–Trinajstić information content (AvgIpc) is 1.79. The predicted molar refractivity (Wildman–Crippen MR) is 437 cm³/mol. The van der Waals surface area contributed by atoms with E-state index in [4.69, 9.17) is 39.5 Å². The minimum absolute atomic E-state index is 0.0205. The van der Waals surface area contributed by atoms with Crippen LogP contribution in [0, 0.1) is 6.92 Å². The van der Waals surface area contributed by atoms with Crippen LogP contribution >= 0.6 is 34.8 Å². The number of fused-ring (bicyclic) bond motifs is 5. The van der Waals surface area contributed by atoms with Crippen molar-refractivity contribution in [3.8, 4) is 0 Å². The van der Waals surface area contributed by atoms with Gasteiger partial charge in [0.2, 0.25) is 41.9 Å².